The molecule has 0 bridgehead atoms. The Morgan fingerprint density at radius 3 is 2.92 bits per heavy atom. The van der Waals surface area contributed by atoms with Gasteiger partial charge in [0.1, 0.15) is 11.4 Å². The Labute approximate surface area is 77.8 Å². The summed E-state index contributed by atoms with van der Waals surface area (Å²) in [5, 5.41) is 11.4. The minimum absolute atomic E-state index is 0.159. The van der Waals surface area contributed by atoms with E-state index in [0.29, 0.717) is 10.3 Å². The fourth-order valence-electron chi connectivity index (χ4n) is 0.802. The highest BCUT2D eigenvalue weighted by molar-refractivity contribution is 9.10. The van der Waals surface area contributed by atoms with Crippen molar-refractivity contribution < 1.29 is 9.90 Å². The van der Waals surface area contributed by atoms with Crippen LogP contribution in [0.4, 0.5) is 5.82 Å². The van der Waals surface area contributed by atoms with Crippen molar-refractivity contribution in [1.82, 2.24) is 4.98 Å². The number of carboxylic acids is 1. The number of carbonyl (C=O) groups is 1. The minimum atomic E-state index is -0.992. The van der Waals surface area contributed by atoms with Crippen molar-refractivity contribution in [2.45, 2.75) is 0 Å². The summed E-state index contributed by atoms with van der Waals surface area (Å²) in [5.41, 5.74) is 0.159. The maximum absolute atomic E-state index is 10.6. The van der Waals surface area contributed by atoms with Gasteiger partial charge in [-0.3, -0.25) is 0 Å². The zero-order valence-electron chi connectivity index (χ0n) is 6.34. The summed E-state index contributed by atoms with van der Waals surface area (Å²) in [6.45, 7) is 0. The Hall–Kier alpha value is -1.10. The molecular weight excluding hydrogens is 224 g/mol. The first-order chi connectivity index (χ1) is 5.65. The third kappa shape index (κ3) is 1.73. The van der Waals surface area contributed by atoms with Gasteiger partial charge in [-0.05, 0) is 22.0 Å². The standard InChI is InChI=1S/C7H7BrN2O2/c1-9-6-5(7(11)12)2-4(8)3-10-6/h2-3H,1H3,(H,9,10)(H,11,12). The Morgan fingerprint density at radius 1 is 1.75 bits per heavy atom. The third-order valence-corrected chi connectivity index (χ3v) is 1.76. The Balaban J connectivity index is 3.21. The molecule has 0 aliphatic carbocycles. The highest BCUT2D eigenvalue weighted by Gasteiger charge is 2.09. The molecule has 0 saturated heterocycles. The zero-order valence-corrected chi connectivity index (χ0v) is 7.92. The van der Waals surface area contributed by atoms with E-state index < -0.39 is 5.97 Å². The van der Waals surface area contributed by atoms with E-state index in [1.165, 1.54) is 12.3 Å². The van der Waals surface area contributed by atoms with Gasteiger partial charge in [0.15, 0.2) is 0 Å². The number of hydrogen-bond acceptors (Lipinski definition) is 3. The number of nitrogens with zero attached hydrogens (tertiary/aromatic N) is 1. The number of pyridine rings is 1. The largest absolute Gasteiger partial charge is 0.478 e. The van der Waals surface area contributed by atoms with Crippen LogP contribution in [0.5, 0.6) is 0 Å². The quantitative estimate of drug-likeness (QED) is 0.811. The molecule has 0 aliphatic rings. The van der Waals surface area contributed by atoms with Crippen LogP contribution in [-0.4, -0.2) is 23.1 Å². The van der Waals surface area contributed by atoms with E-state index in [4.69, 9.17) is 5.11 Å². The Bertz CT molecular complexity index is 314. The van der Waals surface area contributed by atoms with Crippen molar-refractivity contribution >= 4 is 27.7 Å². The first-order valence-electron chi connectivity index (χ1n) is 3.21. The van der Waals surface area contributed by atoms with Crippen LogP contribution in [0.3, 0.4) is 0 Å². The van der Waals surface area contributed by atoms with Crippen LogP contribution in [0, 0.1) is 0 Å². The van der Waals surface area contributed by atoms with E-state index >= 15 is 0 Å². The highest BCUT2D eigenvalue weighted by atomic mass is 79.9. The molecule has 0 radical (unpaired) electrons. The number of aromatic carboxylic acids is 1. The van der Waals surface area contributed by atoms with Crippen LogP contribution in [0.15, 0.2) is 16.7 Å². The molecule has 2 N–H and O–H groups in total. The molecule has 0 aliphatic heterocycles. The first-order valence-corrected chi connectivity index (χ1v) is 4.01. The molecule has 0 saturated carbocycles. The summed E-state index contributed by atoms with van der Waals surface area (Å²) in [6, 6.07) is 1.50. The van der Waals surface area contributed by atoms with Crippen LogP contribution < -0.4 is 5.32 Å². The van der Waals surface area contributed by atoms with Gasteiger partial charge in [-0.15, -0.1) is 0 Å². The normalized spacial score (nSPS) is 9.50. The summed E-state index contributed by atoms with van der Waals surface area (Å²) < 4.78 is 0.652. The van der Waals surface area contributed by atoms with E-state index in [2.05, 4.69) is 26.2 Å². The molecule has 0 unspecified atom stereocenters. The van der Waals surface area contributed by atoms with Crippen molar-refractivity contribution in [3.8, 4) is 0 Å². The number of rotatable bonds is 2. The lowest BCUT2D eigenvalue weighted by Crippen LogP contribution is -2.04. The lowest BCUT2D eigenvalue weighted by molar-refractivity contribution is 0.0697. The average Bonchev–Trinajstić information content (AvgIpc) is 2.04. The second-order valence-corrected chi connectivity index (χ2v) is 3.02. The van der Waals surface area contributed by atoms with Crippen molar-refractivity contribution in [1.29, 1.82) is 0 Å². The second kappa shape index (κ2) is 3.53. The van der Waals surface area contributed by atoms with Gasteiger partial charge in [0.2, 0.25) is 0 Å². The third-order valence-electron chi connectivity index (χ3n) is 1.32. The predicted molar refractivity (Wildman–Crippen MR) is 48.4 cm³/mol. The fourth-order valence-corrected chi connectivity index (χ4v) is 1.13. The summed E-state index contributed by atoms with van der Waals surface area (Å²) in [5.74, 6) is -0.626. The SMILES string of the molecule is CNc1ncc(Br)cc1C(=O)O. The first kappa shape index (κ1) is 8.99. The van der Waals surface area contributed by atoms with Crippen molar-refractivity contribution in [3.63, 3.8) is 0 Å². The topological polar surface area (TPSA) is 62.2 Å². The second-order valence-electron chi connectivity index (χ2n) is 2.10. The fraction of sp³-hybridized carbons (Fsp3) is 0.143. The summed E-state index contributed by atoms with van der Waals surface area (Å²) in [6.07, 6.45) is 1.54. The van der Waals surface area contributed by atoms with Gasteiger partial charge >= 0.3 is 5.97 Å². The summed E-state index contributed by atoms with van der Waals surface area (Å²) in [7, 11) is 1.63. The maximum atomic E-state index is 10.6. The molecule has 12 heavy (non-hydrogen) atoms. The number of anilines is 1. The molecule has 5 heteroatoms. The van der Waals surface area contributed by atoms with Crippen molar-refractivity contribution in [3.05, 3.63) is 22.3 Å². The predicted octanol–water partition coefficient (Wildman–Crippen LogP) is 1.58. The van der Waals surface area contributed by atoms with E-state index in [-0.39, 0.29) is 5.56 Å². The van der Waals surface area contributed by atoms with Gasteiger partial charge in [0.05, 0.1) is 0 Å². The van der Waals surface area contributed by atoms with E-state index in [1.54, 1.807) is 7.05 Å². The van der Waals surface area contributed by atoms with Crippen LogP contribution in [-0.2, 0) is 0 Å². The van der Waals surface area contributed by atoms with Crippen molar-refractivity contribution in [2.24, 2.45) is 0 Å². The van der Waals surface area contributed by atoms with Crippen LogP contribution >= 0.6 is 15.9 Å². The monoisotopic (exact) mass is 230 g/mol. The molecule has 0 aromatic carbocycles. The van der Waals surface area contributed by atoms with E-state index in [1.807, 2.05) is 0 Å². The average molecular weight is 231 g/mol. The molecule has 0 amide bonds. The summed E-state index contributed by atoms with van der Waals surface area (Å²) in [4.78, 5) is 14.5. The maximum Gasteiger partial charge on any atom is 0.339 e. The molecule has 1 rings (SSSR count). The Morgan fingerprint density at radius 2 is 2.42 bits per heavy atom. The molecule has 1 aromatic rings. The molecule has 0 fully saturated rings. The van der Waals surface area contributed by atoms with Crippen LogP contribution in [0.25, 0.3) is 0 Å². The van der Waals surface area contributed by atoms with Gasteiger partial charge < -0.3 is 10.4 Å². The van der Waals surface area contributed by atoms with E-state index in [9.17, 15) is 4.79 Å². The van der Waals surface area contributed by atoms with Gasteiger partial charge in [-0.1, -0.05) is 0 Å². The van der Waals surface area contributed by atoms with Crippen LogP contribution in [0.2, 0.25) is 0 Å². The molecule has 0 atom stereocenters. The van der Waals surface area contributed by atoms with Gasteiger partial charge in [-0.25, -0.2) is 9.78 Å². The molecule has 0 spiro atoms. The molecule has 1 heterocycles. The van der Waals surface area contributed by atoms with Crippen molar-refractivity contribution in [2.75, 3.05) is 12.4 Å². The van der Waals surface area contributed by atoms with Gasteiger partial charge in [0.25, 0.3) is 0 Å². The molecule has 64 valence electrons. The summed E-state index contributed by atoms with van der Waals surface area (Å²) >= 11 is 3.14. The lowest BCUT2D eigenvalue weighted by atomic mass is 10.2. The number of halogens is 1. The van der Waals surface area contributed by atoms with E-state index in [0.717, 1.165) is 0 Å². The molecule has 4 nitrogen and oxygen atoms in total. The number of aromatic nitrogens is 1. The zero-order chi connectivity index (χ0) is 9.14. The van der Waals surface area contributed by atoms with Gasteiger partial charge in [-0.2, -0.15) is 0 Å². The molecular formula is C7H7BrN2O2. The minimum Gasteiger partial charge on any atom is -0.478 e. The number of hydrogen-bond donors (Lipinski definition) is 2. The number of nitrogens with one attached hydrogen (secondary N) is 1. The Kier molecular flexibility index (Phi) is 2.65. The number of carboxylic acid groups (broad SMARTS) is 1. The smallest absolute Gasteiger partial charge is 0.339 e. The molecule has 1 aromatic heterocycles. The van der Waals surface area contributed by atoms with Crippen LogP contribution in [0.1, 0.15) is 10.4 Å². The highest BCUT2D eigenvalue weighted by Crippen LogP contribution is 2.17. The van der Waals surface area contributed by atoms with Gasteiger partial charge in [0, 0.05) is 17.7 Å². The lowest BCUT2D eigenvalue weighted by Gasteiger charge is -2.03.